The standard InChI is InChI=1S/C11H16N4O/c1-8-13-6-5-9(14-8)11(15-12)10-4-2-3-7-16-10/h4-6,11,15H,2-3,7,12H2,1H3. The molecule has 0 saturated heterocycles. The summed E-state index contributed by atoms with van der Waals surface area (Å²) in [5.41, 5.74) is 3.57. The molecule has 5 nitrogen and oxygen atoms in total. The quantitative estimate of drug-likeness (QED) is 0.587. The molecule has 1 aliphatic rings. The van der Waals surface area contributed by atoms with Crippen LogP contribution in [0.4, 0.5) is 0 Å². The zero-order chi connectivity index (χ0) is 11.4. The molecule has 1 aromatic rings. The first-order valence-electron chi connectivity index (χ1n) is 5.40. The molecule has 0 spiro atoms. The Bertz CT molecular complexity index is 391. The van der Waals surface area contributed by atoms with Crippen LogP contribution >= 0.6 is 0 Å². The summed E-state index contributed by atoms with van der Waals surface area (Å²) in [7, 11) is 0. The normalized spacial score (nSPS) is 17.5. The zero-order valence-corrected chi connectivity index (χ0v) is 9.31. The van der Waals surface area contributed by atoms with E-state index < -0.39 is 0 Å². The van der Waals surface area contributed by atoms with Crippen LogP contribution in [0.1, 0.15) is 30.4 Å². The summed E-state index contributed by atoms with van der Waals surface area (Å²) in [5, 5.41) is 0. The van der Waals surface area contributed by atoms with Gasteiger partial charge in [0.15, 0.2) is 0 Å². The predicted molar refractivity (Wildman–Crippen MR) is 60.1 cm³/mol. The second kappa shape index (κ2) is 5.05. The Hall–Kier alpha value is -1.46. The summed E-state index contributed by atoms with van der Waals surface area (Å²) < 4.78 is 5.58. The molecule has 1 unspecified atom stereocenters. The maximum absolute atomic E-state index is 5.58. The fraction of sp³-hybridized carbons (Fsp3) is 0.455. The molecule has 1 aromatic heterocycles. The van der Waals surface area contributed by atoms with Crippen molar-refractivity contribution in [3.63, 3.8) is 0 Å². The Kier molecular flexibility index (Phi) is 3.48. The van der Waals surface area contributed by atoms with Gasteiger partial charge in [-0.15, -0.1) is 0 Å². The van der Waals surface area contributed by atoms with Crippen LogP contribution in [0.15, 0.2) is 24.1 Å². The Morgan fingerprint density at radius 2 is 2.44 bits per heavy atom. The first-order chi connectivity index (χ1) is 7.81. The van der Waals surface area contributed by atoms with Crippen molar-refractivity contribution in [3.8, 4) is 0 Å². The Balaban J connectivity index is 2.25. The number of nitrogens with zero attached hydrogens (tertiary/aromatic N) is 2. The second-order valence-corrected chi connectivity index (χ2v) is 3.73. The number of rotatable bonds is 3. The molecular formula is C11H16N4O. The van der Waals surface area contributed by atoms with Gasteiger partial charge < -0.3 is 4.74 Å². The van der Waals surface area contributed by atoms with Gasteiger partial charge in [-0.1, -0.05) is 0 Å². The number of hydrazine groups is 1. The SMILES string of the molecule is Cc1nccc(C(NN)C2=CCCCO2)n1. The second-order valence-electron chi connectivity index (χ2n) is 3.73. The van der Waals surface area contributed by atoms with E-state index in [4.69, 9.17) is 10.6 Å². The van der Waals surface area contributed by atoms with Gasteiger partial charge in [-0.3, -0.25) is 5.84 Å². The highest BCUT2D eigenvalue weighted by Crippen LogP contribution is 2.23. The van der Waals surface area contributed by atoms with Crippen LogP contribution in [0.5, 0.6) is 0 Å². The van der Waals surface area contributed by atoms with E-state index in [9.17, 15) is 0 Å². The van der Waals surface area contributed by atoms with E-state index in [0.29, 0.717) is 0 Å². The maximum Gasteiger partial charge on any atom is 0.125 e. The third-order valence-corrected chi connectivity index (χ3v) is 2.51. The summed E-state index contributed by atoms with van der Waals surface area (Å²) in [6.07, 6.45) is 5.87. The van der Waals surface area contributed by atoms with Crippen molar-refractivity contribution >= 4 is 0 Å². The minimum absolute atomic E-state index is 0.179. The summed E-state index contributed by atoms with van der Waals surface area (Å²) >= 11 is 0. The molecule has 16 heavy (non-hydrogen) atoms. The number of allylic oxidation sites excluding steroid dienone is 1. The van der Waals surface area contributed by atoms with Crippen LogP contribution in [0.3, 0.4) is 0 Å². The van der Waals surface area contributed by atoms with Gasteiger partial charge in [0, 0.05) is 6.20 Å². The molecule has 1 atom stereocenters. The van der Waals surface area contributed by atoms with Crippen molar-refractivity contribution in [2.45, 2.75) is 25.8 Å². The molecule has 0 aliphatic carbocycles. The minimum Gasteiger partial charge on any atom is -0.496 e. The molecule has 2 heterocycles. The highest BCUT2D eigenvalue weighted by molar-refractivity contribution is 5.18. The summed E-state index contributed by atoms with van der Waals surface area (Å²) in [5.74, 6) is 7.14. The molecule has 2 rings (SSSR count). The molecule has 5 heteroatoms. The first kappa shape index (κ1) is 11.0. The highest BCUT2D eigenvalue weighted by atomic mass is 16.5. The fourth-order valence-electron chi connectivity index (χ4n) is 1.73. The lowest BCUT2D eigenvalue weighted by Crippen LogP contribution is -2.31. The predicted octanol–water partition coefficient (Wildman–Crippen LogP) is 0.984. The largest absolute Gasteiger partial charge is 0.496 e. The Labute approximate surface area is 94.7 Å². The van der Waals surface area contributed by atoms with Crippen molar-refractivity contribution < 1.29 is 4.74 Å². The average molecular weight is 220 g/mol. The monoisotopic (exact) mass is 220 g/mol. The van der Waals surface area contributed by atoms with E-state index in [2.05, 4.69) is 21.5 Å². The van der Waals surface area contributed by atoms with E-state index in [1.807, 2.05) is 13.0 Å². The summed E-state index contributed by atoms with van der Waals surface area (Å²) in [6, 6.07) is 1.66. The highest BCUT2D eigenvalue weighted by Gasteiger charge is 2.19. The average Bonchev–Trinajstić information content (AvgIpc) is 2.31. The molecule has 0 saturated carbocycles. The van der Waals surface area contributed by atoms with Crippen LogP contribution in [0.2, 0.25) is 0 Å². The summed E-state index contributed by atoms with van der Waals surface area (Å²) in [4.78, 5) is 8.41. The van der Waals surface area contributed by atoms with Gasteiger partial charge in [0.05, 0.1) is 12.3 Å². The Morgan fingerprint density at radius 1 is 1.56 bits per heavy atom. The molecule has 0 amide bonds. The van der Waals surface area contributed by atoms with E-state index in [1.54, 1.807) is 6.20 Å². The van der Waals surface area contributed by atoms with Crippen molar-refractivity contribution in [3.05, 3.63) is 35.6 Å². The van der Waals surface area contributed by atoms with Crippen LogP contribution < -0.4 is 11.3 Å². The maximum atomic E-state index is 5.58. The van der Waals surface area contributed by atoms with E-state index in [1.165, 1.54) is 0 Å². The van der Waals surface area contributed by atoms with Gasteiger partial charge in [-0.05, 0) is 31.9 Å². The van der Waals surface area contributed by atoms with Crippen molar-refractivity contribution in [1.29, 1.82) is 0 Å². The third-order valence-electron chi connectivity index (χ3n) is 2.51. The lowest BCUT2D eigenvalue weighted by Gasteiger charge is -2.22. The number of nitrogens with one attached hydrogen (secondary N) is 1. The van der Waals surface area contributed by atoms with Crippen molar-refractivity contribution in [2.24, 2.45) is 5.84 Å². The van der Waals surface area contributed by atoms with Gasteiger partial charge in [0.2, 0.25) is 0 Å². The van der Waals surface area contributed by atoms with Gasteiger partial charge in [-0.2, -0.15) is 0 Å². The van der Waals surface area contributed by atoms with E-state index in [0.717, 1.165) is 36.7 Å². The number of nitrogens with two attached hydrogens (primary N) is 1. The number of hydrogen-bond donors (Lipinski definition) is 2. The van der Waals surface area contributed by atoms with Crippen molar-refractivity contribution in [1.82, 2.24) is 15.4 Å². The number of aryl methyl sites for hydroxylation is 1. The van der Waals surface area contributed by atoms with Crippen LogP contribution in [0, 0.1) is 6.92 Å². The Morgan fingerprint density at radius 3 is 3.06 bits per heavy atom. The van der Waals surface area contributed by atoms with Gasteiger partial charge >= 0.3 is 0 Å². The van der Waals surface area contributed by atoms with Crippen molar-refractivity contribution in [2.75, 3.05) is 6.61 Å². The van der Waals surface area contributed by atoms with Crippen LogP contribution in [-0.2, 0) is 4.74 Å². The number of ether oxygens (including phenoxy) is 1. The third kappa shape index (κ3) is 2.37. The molecule has 1 aliphatic heterocycles. The minimum atomic E-state index is -0.179. The van der Waals surface area contributed by atoms with Crippen LogP contribution in [-0.4, -0.2) is 16.6 Å². The molecule has 0 fully saturated rings. The lowest BCUT2D eigenvalue weighted by atomic mass is 10.1. The van der Waals surface area contributed by atoms with E-state index >= 15 is 0 Å². The van der Waals surface area contributed by atoms with E-state index in [-0.39, 0.29) is 6.04 Å². The number of hydrogen-bond acceptors (Lipinski definition) is 5. The lowest BCUT2D eigenvalue weighted by molar-refractivity contribution is 0.167. The number of aromatic nitrogens is 2. The molecule has 0 aromatic carbocycles. The smallest absolute Gasteiger partial charge is 0.125 e. The zero-order valence-electron chi connectivity index (χ0n) is 9.31. The van der Waals surface area contributed by atoms with Crippen LogP contribution in [0.25, 0.3) is 0 Å². The molecular weight excluding hydrogens is 204 g/mol. The molecule has 0 bridgehead atoms. The molecule has 3 N–H and O–H groups in total. The van der Waals surface area contributed by atoms with Gasteiger partial charge in [0.25, 0.3) is 0 Å². The van der Waals surface area contributed by atoms with Gasteiger partial charge in [-0.25, -0.2) is 15.4 Å². The summed E-state index contributed by atoms with van der Waals surface area (Å²) in [6.45, 7) is 2.60. The fourth-order valence-corrected chi connectivity index (χ4v) is 1.73. The molecule has 86 valence electrons. The molecule has 0 radical (unpaired) electrons. The first-order valence-corrected chi connectivity index (χ1v) is 5.40. The van der Waals surface area contributed by atoms with Gasteiger partial charge in [0.1, 0.15) is 17.6 Å². The topological polar surface area (TPSA) is 73.1 Å².